The minimum Gasteiger partial charge on any atom is -0.379 e. The van der Waals surface area contributed by atoms with Crippen molar-refractivity contribution in [3.05, 3.63) is 0 Å². The van der Waals surface area contributed by atoms with Crippen LogP contribution in [-0.2, 0) is 19.6 Å². The number of rotatable bonds is 9. The predicted molar refractivity (Wildman–Crippen MR) is 118 cm³/mol. The number of hydrogen-bond donors (Lipinski definition) is 2. The summed E-state index contributed by atoms with van der Waals surface area (Å²) < 4.78 is 31.0. The van der Waals surface area contributed by atoms with Crippen LogP contribution in [0.4, 0.5) is 0 Å². The number of hydrogen-bond acceptors (Lipinski definition) is 6. The van der Waals surface area contributed by atoms with Crippen molar-refractivity contribution in [2.75, 3.05) is 78.9 Å². The van der Waals surface area contributed by atoms with Crippen molar-refractivity contribution in [1.29, 1.82) is 0 Å². The van der Waals surface area contributed by atoms with Gasteiger partial charge in [0.2, 0.25) is 15.9 Å². The molecular weight excluding hydrogens is 408 g/mol. The van der Waals surface area contributed by atoms with Gasteiger partial charge in [-0.3, -0.25) is 9.69 Å². The average Bonchev–Trinajstić information content (AvgIpc) is 2.75. The van der Waals surface area contributed by atoms with E-state index in [0.717, 1.165) is 58.7 Å². The molecule has 1 amide bonds. The summed E-state index contributed by atoms with van der Waals surface area (Å²) >= 11 is 0. The van der Waals surface area contributed by atoms with Gasteiger partial charge >= 0.3 is 0 Å². The molecule has 2 aliphatic rings. The fraction of sp³-hybridized carbons (Fsp3) is 0.895. The molecule has 0 aromatic heterocycles. The topological polar surface area (TPSA) is 107 Å². The molecule has 2 saturated heterocycles. The summed E-state index contributed by atoms with van der Waals surface area (Å²) in [6.45, 7) is 8.04. The molecule has 2 rings (SSSR count). The first kappa shape index (κ1) is 24.8. The molecule has 0 bridgehead atoms. The number of aliphatic imine (C=N–C) groups is 1. The molecule has 0 radical (unpaired) electrons. The quantitative estimate of drug-likeness (QED) is 0.270. The number of carbonyl (C=O) groups is 1. The number of guanidine groups is 1. The van der Waals surface area contributed by atoms with Gasteiger partial charge in [-0.25, -0.2) is 17.7 Å². The number of ether oxygens (including phenoxy) is 1. The molecular formula is C19H38N6O4S. The van der Waals surface area contributed by atoms with E-state index >= 15 is 0 Å². The third-order valence-electron chi connectivity index (χ3n) is 5.47. The summed E-state index contributed by atoms with van der Waals surface area (Å²) in [6, 6.07) is 0.133. The zero-order chi connectivity index (χ0) is 22.0. The van der Waals surface area contributed by atoms with Gasteiger partial charge in [0.1, 0.15) is 6.54 Å². The van der Waals surface area contributed by atoms with Gasteiger partial charge in [0, 0.05) is 52.9 Å². The first-order valence-electron chi connectivity index (χ1n) is 10.8. The Morgan fingerprint density at radius 2 is 1.83 bits per heavy atom. The maximum Gasteiger partial charge on any atom is 0.243 e. The predicted octanol–water partition coefficient (Wildman–Crippen LogP) is -0.854. The standard InChI is InChI=1S/C19H38N6O4S/c1-4-30(27,28)25-10-6-17(7-11-25)22-19(21-16-18(26)23(2)3)20-8-5-9-24-12-14-29-15-13-24/h17H,4-16H2,1-3H3,(H2,20,21,22). The summed E-state index contributed by atoms with van der Waals surface area (Å²) in [7, 11) is 0.289. The normalized spacial score (nSPS) is 20.2. The van der Waals surface area contributed by atoms with Crippen LogP contribution in [0.3, 0.4) is 0 Å². The molecule has 2 aliphatic heterocycles. The van der Waals surface area contributed by atoms with Gasteiger partial charge in [0.15, 0.2) is 5.96 Å². The Kier molecular flexibility index (Phi) is 10.3. The second-order valence-corrected chi connectivity index (χ2v) is 10.2. The van der Waals surface area contributed by atoms with E-state index in [9.17, 15) is 13.2 Å². The number of piperidine rings is 1. The number of morpholine rings is 1. The lowest BCUT2D eigenvalue weighted by atomic mass is 10.1. The van der Waals surface area contributed by atoms with Crippen molar-refractivity contribution in [3.63, 3.8) is 0 Å². The fourth-order valence-electron chi connectivity index (χ4n) is 3.43. The molecule has 2 heterocycles. The Balaban J connectivity index is 1.83. The summed E-state index contributed by atoms with van der Waals surface area (Å²) in [4.78, 5) is 20.3. The highest BCUT2D eigenvalue weighted by Crippen LogP contribution is 2.14. The van der Waals surface area contributed by atoms with Gasteiger partial charge in [-0.05, 0) is 32.7 Å². The fourth-order valence-corrected chi connectivity index (χ4v) is 4.56. The number of likely N-dealkylation sites (N-methyl/N-ethyl adjacent to an activating group) is 1. The Hall–Kier alpha value is -1.43. The van der Waals surface area contributed by atoms with Crippen molar-refractivity contribution < 1.29 is 17.9 Å². The monoisotopic (exact) mass is 446 g/mol. The highest BCUT2D eigenvalue weighted by atomic mass is 32.2. The van der Waals surface area contributed by atoms with E-state index in [4.69, 9.17) is 4.74 Å². The van der Waals surface area contributed by atoms with Gasteiger partial charge in [-0.1, -0.05) is 0 Å². The van der Waals surface area contributed by atoms with Crippen molar-refractivity contribution in [2.24, 2.45) is 4.99 Å². The zero-order valence-corrected chi connectivity index (χ0v) is 19.4. The zero-order valence-electron chi connectivity index (χ0n) is 18.6. The van der Waals surface area contributed by atoms with Crippen LogP contribution in [0, 0.1) is 0 Å². The first-order chi connectivity index (χ1) is 14.3. The van der Waals surface area contributed by atoms with E-state index in [2.05, 4.69) is 20.5 Å². The number of sulfonamides is 1. The third-order valence-corrected chi connectivity index (χ3v) is 7.35. The summed E-state index contributed by atoms with van der Waals surface area (Å²) in [5, 5.41) is 6.72. The van der Waals surface area contributed by atoms with Crippen molar-refractivity contribution in [3.8, 4) is 0 Å². The van der Waals surface area contributed by atoms with Crippen LogP contribution < -0.4 is 10.6 Å². The maximum atomic E-state index is 12.0. The lowest BCUT2D eigenvalue weighted by Gasteiger charge is -2.32. The molecule has 2 N–H and O–H groups in total. The van der Waals surface area contributed by atoms with Crippen LogP contribution in [0.2, 0.25) is 0 Å². The van der Waals surface area contributed by atoms with Crippen LogP contribution >= 0.6 is 0 Å². The third kappa shape index (κ3) is 8.37. The van der Waals surface area contributed by atoms with Crippen LogP contribution in [0.25, 0.3) is 0 Å². The smallest absolute Gasteiger partial charge is 0.243 e. The minimum atomic E-state index is -3.14. The Bertz CT molecular complexity index is 656. The van der Waals surface area contributed by atoms with Crippen LogP contribution in [0.1, 0.15) is 26.2 Å². The van der Waals surface area contributed by atoms with E-state index < -0.39 is 10.0 Å². The summed E-state index contributed by atoms with van der Waals surface area (Å²) in [6.07, 6.45) is 2.40. The maximum absolute atomic E-state index is 12.0. The van der Waals surface area contributed by atoms with Crippen LogP contribution in [0.5, 0.6) is 0 Å². The molecule has 174 valence electrons. The van der Waals surface area contributed by atoms with Gasteiger partial charge in [-0.2, -0.15) is 0 Å². The Morgan fingerprint density at radius 3 is 2.43 bits per heavy atom. The highest BCUT2D eigenvalue weighted by molar-refractivity contribution is 7.89. The number of nitrogens with zero attached hydrogens (tertiary/aromatic N) is 4. The van der Waals surface area contributed by atoms with E-state index in [1.54, 1.807) is 25.3 Å². The second-order valence-electron chi connectivity index (χ2n) is 7.91. The van der Waals surface area contributed by atoms with Crippen LogP contribution in [-0.4, -0.2) is 119 Å². The summed E-state index contributed by atoms with van der Waals surface area (Å²) in [5.74, 6) is 0.687. The molecule has 30 heavy (non-hydrogen) atoms. The van der Waals surface area contributed by atoms with E-state index in [1.807, 2.05) is 0 Å². The van der Waals surface area contributed by atoms with Gasteiger partial charge in [0.05, 0.1) is 19.0 Å². The molecule has 0 spiro atoms. The average molecular weight is 447 g/mol. The molecule has 0 atom stereocenters. The molecule has 0 aromatic rings. The lowest BCUT2D eigenvalue weighted by molar-refractivity contribution is -0.127. The van der Waals surface area contributed by atoms with Crippen molar-refractivity contribution >= 4 is 21.9 Å². The molecule has 2 fully saturated rings. The summed E-state index contributed by atoms with van der Waals surface area (Å²) in [5.41, 5.74) is 0. The number of nitrogens with one attached hydrogen (secondary N) is 2. The van der Waals surface area contributed by atoms with Crippen molar-refractivity contribution in [2.45, 2.75) is 32.2 Å². The molecule has 0 aliphatic carbocycles. The Morgan fingerprint density at radius 1 is 1.17 bits per heavy atom. The van der Waals surface area contributed by atoms with Crippen LogP contribution in [0.15, 0.2) is 4.99 Å². The first-order valence-corrected chi connectivity index (χ1v) is 12.5. The molecule has 0 aromatic carbocycles. The van der Waals surface area contributed by atoms with Gasteiger partial charge in [0.25, 0.3) is 0 Å². The lowest BCUT2D eigenvalue weighted by Crippen LogP contribution is -2.50. The number of carbonyl (C=O) groups excluding carboxylic acids is 1. The largest absolute Gasteiger partial charge is 0.379 e. The van der Waals surface area contributed by atoms with Gasteiger partial charge in [-0.15, -0.1) is 0 Å². The Labute approximate surface area is 181 Å². The molecule has 0 unspecified atom stereocenters. The van der Waals surface area contributed by atoms with E-state index in [0.29, 0.717) is 19.0 Å². The van der Waals surface area contributed by atoms with E-state index in [-0.39, 0.29) is 24.2 Å². The van der Waals surface area contributed by atoms with Gasteiger partial charge < -0.3 is 20.3 Å². The molecule has 10 nitrogen and oxygen atoms in total. The minimum absolute atomic E-state index is 0.0618. The van der Waals surface area contributed by atoms with Crippen molar-refractivity contribution in [1.82, 2.24) is 24.7 Å². The number of amides is 1. The SMILES string of the molecule is CCS(=O)(=O)N1CCC(NC(=NCC(=O)N(C)C)NCCCN2CCOCC2)CC1. The molecule has 0 saturated carbocycles. The second kappa shape index (κ2) is 12.4. The van der Waals surface area contributed by atoms with E-state index in [1.165, 1.54) is 4.90 Å². The highest BCUT2D eigenvalue weighted by Gasteiger charge is 2.27. The molecule has 11 heteroatoms.